The Labute approximate surface area is 155 Å². The van der Waals surface area contributed by atoms with E-state index < -0.39 is 27.8 Å². The molecule has 2 amide bonds. The van der Waals surface area contributed by atoms with Crippen LogP contribution in [-0.2, 0) is 22.6 Å². The second-order valence-corrected chi connectivity index (χ2v) is 7.57. The molecule has 0 aliphatic rings. The van der Waals surface area contributed by atoms with Crippen LogP contribution in [0.5, 0.6) is 0 Å². The van der Waals surface area contributed by atoms with E-state index >= 15 is 0 Å². The number of halogens is 3. The van der Waals surface area contributed by atoms with Crippen LogP contribution in [0.3, 0.4) is 0 Å². The third kappa shape index (κ3) is 5.99. The van der Waals surface area contributed by atoms with Crippen molar-refractivity contribution in [3.63, 3.8) is 0 Å². The Balaban J connectivity index is 2.06. The van der Waals surface area contributed by atoms with Gasteiger partial charge in [0.25, 0.3) is 10.0 Å². The van der Waals surface area contributed by atoms with E-state index in [1.54, 1.807) is 16.9 Å². The van der Waals surface area contributed by atoms with Gasteiger partial charge in [-0.15, -0.1) is 0 Å². The van der Waals surface area contributed by atoms with Gasteiger partial charge in [0.15, 0.2) is 0 Å². The van der Waals surface area contributed by atoms with Crippen LogP contribution in [-0.4, -0.2) is 14.4 Å². The van der Waals surface area contributed by atoms with Gasteiger partial charge in [-0.2, -0.15) is 13.2 Å². The Kier molecular flexibility index (Phi) is 6.48. The molecule has 0 atom stereocenters. The standard InChI is InChI=1S/C18H19F3N2O3S/c1-2-3-5-13-8-10-16(11-9-13)27(25,26)23-17(24)22-15-7-4-6-14(12-15)18(19,20)21/h4,6-12H,2-3,5H2,1H3,(H2,22,23,24). The third-order valence-electron chi connectivity index (χ3n) is 3.73. The van der Waals surface area contributed by atoms with Crippen LogP contribution < -0.4 is 10.0 Å². The van der Waals surface area contributed by atoms with Crippen molar-refractivity contribution in [1.82, 2.24) is 4.72 Å². The van der Waals surface area contributed by atoms with Crippen molar-refractivity contribution in [3.05, 3.63) is 59.7 Å². The maximum Gasteiger partial charge on any atom is 0.416 e. The minimum atomic E-state index is -4.57. The number of alkyl halides is 3. The number of benzene rings is 2. The van der Waals surface area contributed by atoms with Gasteiger partial charge in [-0.05, 0) is 48.7 Å². The van der Waals surface area contributed by atoms with Gasteiger partial charge in [0.05, 0.1) is 10.5 Å². The van der Waals surface area contributed by atoms with E-state index in [4.69, 9.17) is 0 Å². The number of amides is 2. The molecule has 0 aromatic heterocycles. The van der Waals surface area contributed by atoms with Crippen molar-refractivity contribution in [3.8, 4) is 0 Å². The Morgan fingerprint density at radius 3 is 2.33 bits per heavy atom. The first-order valence-electron chi connectivity index (χ1n) is 8.22. The maximum atomic E-state index is 12.7. The number of hydrogen-bond acceptors (Lipinski definition) is 3. The molecule has 27 heavy (non-hydrogen) atoms. The molecule has 0 bridgehead atoms. The molecule has 2 aromatic carbocycles. The predicted molar refractivity (Wildman–Crippen MR) is 95.8 cm³/mol. The van der Waals surface area contributed by atoms with E-state index in [1.165, 1.54) is 18.2 Å². The Hall–Kier alpha value is -2.55. The van der Waals surface area contributed by atoms with Gasteiger partial charge in [-0.1, -0.05) is 31.5 Å². The van der Waals surface area contributed by atoms with Crippen molar-refractivity contribution in [1.29, 1.82) is 0 Å². The lowest BCUT2D eigenvalue weighted by Gasteiger charge is -2.11. The zero-order chi connectivity index (χ0) is 20.1. The molecule has 2 aromatic rings. The summed E-state index contributed by atoms with van der Waals surface area (Å²) in [6, 6.07) is 8.84. The monoisotopic (exact) mass is 400 g/mol. The molecular formula is C18H19F3N2O3S. The van der Waals surface area contributed by atoms with E-state index in [0.717, 1.165) is 37.0 Å². The van der Waals surface area contributed by atoms with Crippen LogP contribution in [0.25, 0.3) is 0 Å². The molecule has 2 N–H and O–H groups in total. The highest BCUT2D eigenvalue weighted by atomic mass is 32.2. The summed E-state index contributed by atoms with van der Waals surface area (Å²) in [6.07, 6.45) is -1.76. The van der Waals surface area contributed by atoms with Crippen LogP contribution in [0.15, 0.2) is 53.4 Å². The molecule has 0 saturated carbocycles. The summed E-state index contributed by atoms with van der Waals surface area (Å²) in [5, 5.41) is 2.09. The molecule has 146 valence electrons. The van der Waals surface area contributed by atoms with Crippen LogP contribution in [0.4, 0.5) is 23.7 Å². The normalized spacial score (nSPS) is 11.9. The quantitative estimate of drug-likeness (QED) is 0.747. The van der Waals surface area contributed by atoms with Crippen molar-refractivity contribution in [2.75, 3.05) is 5.32 Å². The number of sulfonamides is 1. The molecule has 0 unspecified atom stereocenters. The number of urea groups is 1. The van der Waals surface area contributed by atoms with Crippen LogP contribution in [0.2, 0.25) is 0 Å². The summed E-state index contributed by atoms with van der Waals surface area (Å²) in [4.78, 5) is 11.8. The summed E-state index contributed by atoms with van der Waals surface area (Å²) in [7, 11) is -4.14. The number of aryl methyl sites for hydroxylation is 1. The highest BCUT2D eigenvalue weighted by Crippen LogP contribution is 2.30. The van der Waals surface area contributed by atoms with E-state index in [0.29, 0.717) is 6.07 Å². The zero-order valence-electron chi connectivity index (χ0n) is 14.5. The zero-order valence-corrected chi connectivity index (χ0v) is 15.3. The number of nitrogens with one attached hydrogen (secondary N) is 2. The smallest absolute Gasteiger partial charge is 0.307 e. The summed E-state index contributed by atoms with van der Waals surface area (Å²) in [6.45, 7) is 2.05. The molecular weight excluding hydrogens is 381 g/mol. The molecule has 0 aliphatic heterocycles. The van der Waals surface area contributed by atoms with Crippen LogP contribution >= 0.6 is 0 Å². The lowest BCUT2D eigenvalue weighted by molar-refractivity contribution is -0.137. The van der Waals surface area contributed by atoms with E-state index in [1.807, 2.05) is 6.92 Å². The van der Waals surface area contributed by atoms with E-state index in [-0.39, 0.29) is 10.6 Å². The average molecular weight is 400 g/mol. The molecule has 0 radical (unpaired) electrons. The van der Waals surface area contributed by atoms with Crippen molar-refractivity contribution >= 4 is 21.7 Å². The second-order valence-electron chi connectivity index (χ2n) is 5.89. The number of unbranched alkanes of at least 4 members (excludes halogenated alkanes) is 1. The second kappa shape index (κ2) is 8.43. The van der Waals surface area contributed by atoms with Crippen molar-refractivity contribution in [2.45, 2.75) is 37.3 Å². The van der Waals surface area contributed by atoms with Gasteiger partial charge < -0.3 is 5.32 Å². The highest BCUT2D eigenvalue weighted by molar-refractivity contribution is 7.90. The van der Waals surface area contributed by atoms with Gasteiger partial charge in [-0.3, -0.25) is 0 Å². The average Bonchev–Trinajstić information content (AvgIpc) is 2.59. The van der Waals surface area contributed by atoms with Crippen LogP contribution in [0.1, 0.15) is 30.9 Å². The van der Waals surface area contributed by atoms with Crippen LogP contribution in [0, 0.1) is 0 Å². The molecule has 0 aliphatic carbocycles. The molecule has 0 saturated heterocycles. The first-order chi connectivity index (χ1) is 12.6. The SMILES string of the molecule is CCCCc1ccc(S(=O)(=O)NC(=O)Nc2cccc(C(F)(F)F)c2)cc1. The number of anilines is 1. The third-order valence-corrected chi connectivity index (χ3v) is 5.07. The number of hydrogen-bond donors (Lipinski definition) is 2. The lowest BCUT2D eigenvalue weighted by atomic mass is 10.1. The number of carbonyl (C=O) groups excluding carboxylic acids is 1. The molecule has 0 fully saturated rings. The first kappa shape index (κ1) is 20.8. The van der Waals surface area contributed by atoms with Crippen molar-refractivity contribution < 1.29 is 26.4 Å². The van der Waals surface area contributed by atoms with Crippen molar-refractivity contribution in [2.24, 2.45) is 0 Å². The largest absolute Gasteiger partial charge is 0.416 e. The number of rotatable bonds is 6. The summed E-state index contributed by atoms with van der Waals surface area (Å²) >= 11 is 0. The van der Waals surface area contributed by atoms with E-state index in [2.05, 4.69) is 5.32 Å². The summed E-state index contributed by atoms with van der Waals surface area (Å²) in [5.41, 5.74) is -0.150. The predicted octanol–water partition coefficient (Wildman–Crippen LogP) is 4.56. The highest BCUT2D eigenvalue weighted by Gasteiger charge is 2.30. The Morgan fingerprint density at radius 1 is 1.07 bits per heavy atom. The Morgan fingerprint density at radius 2 is 1.74 bits per heavy atom. The van der Waals surface area contributed by atoms with E-state index in [9.17, 15) is 26.4 Å². The fraction of sp³-hybridized carbons (Fsp3) is 0.278. The fourth-order valence-electron chi connectivity index (χ4n) is 2.33. The van der Waals surface area contributed by atoms with Gasteiger partial charge in [-0.25, -0.2) is 17.9 Å². The topological polar surface area (TPSA) is 75.3 Å². The number of carbonyl (C=O) groups is 1. The molecule has 5 nitrogen and oxygen atoms in total. The summed E-state index contributed by atoms with van der Waals surface area (Å²) < 4.78 is 64.3. The lowest BCUT2D eigenvalue weighted by Crippen LogP contribution is -2.34. The molecule has 0 spiro atoms. The van der Waals surface area contributed by atoms with Gasteiger partial charge >= 0.3 is 12.2 Å². The fourth-order valence-corrected chi connectivity index (χ4v) is 3.23. The summed E-state index contributed by atoms with van der Waals surface area (Å²) in [5.74, 6) is 0. The first-order valence-corrected chi connectivity index (χ1v) is 9.70. The molecule has 9 heteroatoms. The molecule has 2 rings (SSSR count). The Bertz CT molecular complexity index is 895. The van der Waals surface area contributed by atoms with Gasteiger partial charge in [0.2, 0.25) is 0 Å². The maximum absolute atomic E-state index is 12.7. The molecule has 0 heterocycles. The minimum absolute atomic E-state index is 0.109. The minimum Gasteiger partial charge on any atom is -0.307 e. The van der Waals surface area contributed by atoms with Gasteiger partial charge in [0.1, 0.15) is 0 Å². The van der Waals surface area contributed by atoms with Gasteiger partial charge in [0, 0.05) is 5.69 Å².